The van der Waals surface area contributed by atoms with E-state index in [1.165, 1.54) is 24.8 Å². The second-order valence-electron chi connectivity index (χ2n) is 4.82. The van der Waals surface area contributed by atoms with Crippen LogP contribution >= 0.6 is 0 Å². The van der Waals surface area contributed by atoms with Crippen LogP contribution < -0.4 is 5.32 Å². The number of aryl methyl sites for hydroxylation is 1. The van der Waals surface area contributed by atoms with E-state index in [0.717, 1.165) is 13.0 Å². The predicted molar refractivity (Wildman–Crippen MR) is 73.3 cm³/mol. The van der Waals surface area contributed by atoms with Crippen molar-refractivity contribution in [2.24, 2.45) is 0 Å². The number of nitrogens with zero attached hydrogens (tertiary/aromatic N) is 2. The third kappa shape index (κ3) is 4.15. The molecule has 0 saturated carbocycles. The van der Waals surface area contributed by atoms with Crippen molar-refractivity contribution < 1.29 is 0 Å². The Balaban J connectivity index is 2.73. The van der Waals surface area contributed by atoms with Crippen LogP contribution in [0.25, 0.3) is 0 Å². The Morgan fingerprint density at radius 3 is 2.53 bits per heavy atom. The van der Waals surface area contributed by atoms with Gasteiger partial charge in [0.2, 0.25) is 0 Å². The molecule has 0 aliphatic heterocycles. The number of hydrogen-bond acceptors (Lipinski definition) is 2. The standard InChI is InChI=1S/C14H27N3/c1-5-8-13(15-9-6-2)14(7-3)17-11-12(4)10-16-17/h10-11,13-15H,5-9H2,1-4H3. The van der Waals surface area contributed by atoms with Gasteiger partial charge in [-0.15, -0.1) is 0 Å². The Morgan fingerprint density at radius 1 is 1.29 bits per heavy atom. The first-order chi connectivity index (χ1) is 8.22. The lowest BCUT2D eigenvalue weighted by atomic mass is 10.0. The molecule has 1 rings (SSSR count). The summed E-state index contributed by atoms with van der Waals surface area (Å²) in [7, 11) is 0. The molecule has 1 N–H and O–H groups in total. The molecule has 0 radical (unpaired) electrons. The summed E-state index contributed by atoms with van der Waals surface area (Å²) in [6.07, 6.45) is 8.86. The van der Waals surface area contributed by atoms with Crippen LogP contribution in [0.1, 0.15) is 58.1 Å². The molecule has 0 aromatic carbocycles. The minimum absolute atomic E-state index is 0.482. The van der Waals surface area contributed by atoms with E-state index in [1.807, 2.05) is 6.20 Å². The summed E-state index contributed by atoms with van der Waals surface area (Å²) >= 11 is 0. The maximum absolute atomic E-state index is 4.47. The molecule has 0 amide bonds. The fourth-order valence-corrected chi connectivity index (χ4v) is 2.34. The third-order valence-electron chi connectivity index (χ3n) is 3.21. The largest absolute Gasteiger partial charge is 0.312 e. The molecule has 0 spiro atoms. The molecule has 3 heteroatoms. The SMILES string of the molecule is CCCNC(CCC)C(CC)n1cc(C)cn1. The maximum atomic E-state index is 4.47. The van der Waals surface area contributed by atoms with Gasteiger partial charge in [0.25, 0.3) is 0 Å². The summed E-state index contributed by atoms with van der Waals surface area (Å²) in [5, 5.41) is 8.14. The van der Waals surface area contributed by atoms with Crippen molar-refractivity contribution >= 4 is 0 Å². The molecule has 2 unspecified atom stereocenters. The third-order valence-corrected chi connectivity index (χ3v) is 3.21. The zero-order chi connectivity index (χ0) is 12.7. The van der Waals surface area contributed by atoms with Gasteiger partial charge in [-0.05, 0) is 38.3 Å². The number of nitrogens with one attached hydrogen (secondary N) is 1. The fraction of sp³-hybridized carbons (Fsp3) is 0.786. The highest BCUT2D eigenvalue weighted by molar-refractivity contribution is 5.01. The van der Waals surface area contributed by atoms with E-state index in [4.69, 9.17) is 0 Å². The van der Waals surface area contributed by atoms with Crippen LogP contribution in [-0.2, 0) is 0 Å². The predicted octanol–water partition coefficient (Wildman–Crippen LogP) is 3.31. The van der Waals surface area contributed by atoms with Crippen molar-refractivity contribution in [1.82, 2.24) is 15.1 Å². The molecular weight excluding hydrogens is 210 g/mol. The normalized spacial score (nSPS) is 14.8. The molecule has 1 heterocycles. The summed E-state index contributed by atoms with van der Waals surface area (Å²) in [5.41, 5.74) is 1.24. The molecule has 98 valence electrons. The van der Waals surface area contributed by atoms with E-state index >= 15 is 0 Å². The van der Waals surface area contributed by atoms with Gasteiger partial charge in [0.1, 0.15) is 0 Å². The van der Waals surface area contributed by atoms with Gasteiger partial charge >= 0.3 is 0 Å². The molecule has 0 fully saturated rings. The molecule has 1 aromatic heterocycles. The molecular formula is C14H27N3. The quantitative estimate of drug-likeness (QED) is 0.751. The Bertz CT molecular complexity index is 306. The minimum atomic E-state index is 0.482. The zero-order valence-electron chi connectivity index (χ0n) is 11.7. The summed E-state index contributed by atoms with van der Waals surface area (Å²) in [6, 6.07) is 1.03. The van der Waals surface area contributed by atoms with Crippen LogP contribution in [0, 0.1) is 6.92 Å². The molecule has 17 heavy (non-hydrogen) atoms. The monoisotopic (exact) mass is 237 g/mol. The van der Waals surface area contributed by atoms with E-state index in [2.05, 4.69) is 49.0 Å². The van der Waals surface area contributed by atoms with E-state index in [1.54, 1.807) is 0 Å². The van der Waals surface area contributed by atoms with Crippen molar-refractivity contribution in [1.29, 1.82) is 0 Å². The summed E-state index contributed by atoms with van der Waals surface area (Å²) in [4.78, 5) is 0. The first-order valence-electron chi connectivity index (χ1n) is 6.97. The Hall–Kier alpha value is -0.830. The van der Waals surface area contributed by atoms with Crippen molar-refractivity contribution in [3.63, 3.8) is 0 Å². The van der Waals surface area contributed by atoms with Gasteiger partial charge in [-0.3, -0.25) is 4.68 Å². The number of rotatable bonds is 8. The van der Waals surface area contributed by atoms with Crippen LogP contribution in [0.15, 0.2) is 12.4 Å². The van der Waals surface area contributed by atoms with Crippen LogP contribution in [0.4, 0.5) is 0 Å². The lowest BCUT2D eigenvalue weighted by Crippen LogP contribution is -2.38. The first kappa shape index (κ1) is 14.2. The molecule has 0 saturated heterocycles. The molecule has 0 bridgehead atoms. The van der Waals surface area contributed by atoms with Crippen molar-refractivity contribution in [3.8, 4) is 0 Å². The van der Waals surface area contributed by atoms with Gasteiger partial charge in [-0.25, -0.2) is 0 Å². The second kappa shape index (κ2) is 7.49. The molecule has 0 aliphatic rings. The van der Waals surface area contributed by atoms with Crippen LogP contribution in [0.3, 0.4) is 0 Å². The molecule has 1 aromatic rings. The highest BCUT2D eigenvalue weighted by Crippen LogP contribution is 2.19. The van der Waals surface area contributed by atoms with Gasteiger partial charge in [-0.2, -0.15) is 5.10 Å². The van der Waals surface area contributed by atoms with Gasteiger partial charge in [0.15, 0.2) is 0 Å². The molecule has 0 aliphatic carbocycles. The lowest BCUT2D eigenvalue weighted by Gasteiger charge is -2.27. The topological polar surface area (TPSA) is 29.9 Å². The lowest BCUT2D eigenvalue weighted by molar-refractivity contribution is 0.301. The van der Waals surface area contributed by atoms with E-state index < -0.39 is 0 Å². The average molecular weight is 237 g/mol. The van der Waals surface area contributed by atoms with Gasteiger partial charge < -0.3 is 5.32 Å². The Kier molecular flexibility index (Phi) is 6.27. The number of aromatic nitrogens is 2. The van der Waals surface area contributed by atoms with Crippen LogP contribution in [-0.4, -0.2) is 22.4 Å². The van der Waals surface area contributed by atoms with Crippen LogP contribution in [0.2, 0.25) is 0 Å². The second-order valence-corrected chi connectivity index (χ2v) is 4.82. The van der Waals surface area contributed by atoms with Gasteiger partial charge in [-0.1, -0.05) is 27.2 Å². The summed E-state index contributed by atoms with van der Waals surface area (Å²) in [6.45, 7) is 9.92. The van der Waals surface area contributed by atoms with Gasteiger partial charge in [0.05, 0.1) is 12.2 Å². The van der Waals surface area contributed by atoms with Crippen molar-refractivity contribution in [3.05, 3.63) is 18.0 Å². The minimum Gasteiger partial charge on any atom is -0.312 e. The molecule has 3 nitrogen and oxygen atoms in total. The summed E-state index contributed by atoms with van der Waals surface area (Å²) < 4.78 is 2.14. The van der Waals surface area contributed by atoms with Crippen molar-refractivity contribution in [2.75, 3.05) is 6.54 Å². The van der Waals surface area contributed by atoms with Gasteiger partial charge in [0, 0.05) is 12.2 Å². The summed E-state index contributed by atoms with van der Waals surface area (Å²) in [5.74, 6) is 0. The van der Waals surface area contributed by atoms with E-state index in [0.29, 0.717) is 12.1 Å². The molecule has 2 atom stereocenters. The Morgan fingerprint density at radius 2 is 2.06 bits per heavy atom. The Labute approximate surface area is 106 Å². The zero-order valence-corrected chi connectivity index (χ0v) is 11.7. The smallest absolute Gasteiger partial charge is 0.0669 e. The highest BCUT2D eigenvalue weighted by Gasteiger charge is 2.20. The average Bonchev–Trinajstić information content (AvgIpc) is 2.73. The highest BCUT2D eigenvalue weighted by atomic mass is 15.3. The van der Waals surface area contributed by atoms with E-state index in [9.17, 15) is 0 Å². The van der Waals surface area contributed by atoms with Crippen LogP contribution in [0.5, 0.6) is 0 Å². The first-order valence-corrected chi connectivity index (χ1v) is 6.97. The van der Waals surface area contributed by atoms with E-state index in [-0.39, 0.29) is 0 Å². The fourth-order valence-electron chi connectivity index (χ4n) is 2.34. The maximum Gasteiger partial charge on any atom is 0.0669 e. The number of hydrogen-bond donors (Lipinski definition) is 1. The van der Waals surface area contributed by atoms with Crippen molar-refractivity contribution in [2.45, 2.75) is 65.5 Å².